The molecule has 1 aromatic carbocycles. The predicted molar refractivity (Wildman–Crippen MR) is 70.9 cm³/mol. The Morgan fingerprint density at radius 2 is 2.06 bits per heavy atom. The van der Waals surface area contributed by atoms with Crippen molar-refractivity contribution in [3.05, 3.63) is 35.9 Å². The number of hydrogen-bond donors (Lipinski definition) is 2. The third-order valence-corrected chi connectivity index (χ3v) is 3.69. The van der Waals surface area contributed by atoms with E-state index in [4.69, 9.17) is 0 Å². The first-order valence-electron chi connectivity index (χ1n) is 6.78. The molecule has 0 amide bonds. The molecule has 1 aliphatic rings. The molecule has 0 aromatic heterocycles. The van der Waals surface area contributed by atoms with E-state index in [9.17, 15) is 5.11 Å². The van der Waals surface area contributed by atoms with Crippen LogP contribution in [0.4, 0.5) is 0 Å². The molecule has 94 valence electrons. The lowest BCUT2D eigenvalue weighted by molar-refractivity contribution is 0.108. The molecule has 2 heteroatoms. The third-order valence-electron chi connectivity index (χ3n) is 3.69. The molecule has 2 N–H and O–H groups in total. The highest BCUT2D eigenvalue weighted by molar-refractivity contribution is 5.18. The van der Waals surface area contributed by atoms with Gasteiger partial charge in [-0.05, 0) is 37.7 Å². The van der Waals surface area contributed by atoms with Gasteiger partial charge in [-0.2, -0.15) is 0 Å². The Morgan fingerprint density at radius 3 is 2.71 bits per heavy atom. The van der Waals surface area contributed by atoms with Crippen LogP contribution in [-0.2, 0) is 0 Å². The highest BCUT2D eigenvalue weighted by Crippen LogP contribution is 2.23. The molecular formula is C15H23NO. The lowest BCUT2D eigenvalue weighted by Gasteiger charge is -2.30. The fraction of sp³-hybridized carbons (Fsp3) is 0.600. The van der Waals surface area contributed by atoms with Crippen LogP contribution in [0.15, 0.2) is 30.3 Å². The van der Waals surface area contributed by atoms with Crippen LogP contribution in [-0.4, -0.2) is 17.3 Å². The molecule has 0 aliphatic heterocycles. The van der Waals surface area contributed by atoms with Crippen molar-refractivity contribution >= 4 is 0 Å². The molecular weight excluding hydrogens is 210 g/mol. The Balaban J connectivity index is 1.95. The number of aliphatic hydroxyl groups is 1. The molecule has 1 aromatic rings. The van der Waals surface area contributed by atoms with Gasteiger partial charge < -0.3 is 10.4 Å². The van der Waals surface area contributed by atoms with E-state index in [1.54, 1.807) is 0 Å². The summed E-state index contributed by atoms with van der Waals surface area (Å²) >= 11 is 0. The van der Waals surface area contributed by atoms with Gasteiger partial charge in [0.1, 0.15) is 0 Å². The maximum atomic E-state index is 9.70. The van der Waals surface area contributed by atoms with E-state index in [1.807, 2.05) is 0 Å². The van der Waals surface area contributed by atoms with Crippen LogP contribution >= 0.6 is 0 Å². The van der Waals surface area contributed by atoms with Gasteiger partial charge in [0, 0.05) is 12.1 Å². The Bertz CT molecular complexity index is 325. The second-order valence-electron chi connectivity index (χ2n) is 5.06. The number of aliphatic hydroxyl groups excluding tert-OH is 1. The molecule has 17 heavy (non-hydrogen) atoms. The van der Waals surface area contributed by atoms with Crippen molar-refractivity contribution in [2.75, 3.05) is 0 Å². The zero-order chi connectivity index (χ0) is 12.1. The Kier molecular flexibility index (Phi) is 4.57. The monoisotopic (exact) mass is 233 g/mol. The van der Waals surface area contributed by atoms with Crippen molar-refractivity contribution in [1.29, 1.82) is 0 Å². The summed E-state index contributed by atoms with van der Waals surface area (Å²) in [7, 11) is 0. The molecule has 0 spiro atoms. The SMILES string of the molecule is CCC(NC1CCCC(O)C1)c1ccccc1. The second-order valence-corrected chi connectivity index (χ2v) is 5.06. The smallest absolute Gasteiger partial charge is 0.0555 e. The molecule has 0 radical (unpaired) electrons. The number of nitrogens with one attached hydrogen (secondary N) is 1. The lowest BCUT2D eigenvalue weighted by atomic mass is 9.91. The Morgan fingerprint density at radius 1 is 1.29 bits per heavy atom. The number of rotatable bonds is 4. The molecule has 2 rings (SSSR count). The lowest BCUT2D eigenvalue weighted by Crippen LogP contribution is -2.38. The second kappa shape index (κ2) is 6.18. The molecule has 1 fully saturated rings. The van der Waals surface area contributed by atoms with Gasteiger partial charge in [-0.1, -0.05) is 37.3 Å². The van der Waals surface area contributed by atoms with Gasteiger partial charge in [-0.3, -0.25) is 0 Å². The van der Waals surface area contributed by atoms with Crippen LogP contribution in [0, 0.1) is 0 Å². The molecule has 2 nitrogen and oxygen atoms in total. The van der Waals surface area contributed by atoms with Crippen LogP contribution in [0.25, 0.3) is 0 Å². The highest BCUT2D eigenvalue weighted by Gasteiger charge is 2.22. The molecule has 1 saturated carbocycles. The van der Waals surface area contributed by atoms with Gasteiger partial charge in [0.05, 0.1) is 6.10 Å². The van der Waals surface area contributed by atoms with Crippen molar-refractivity contribution in [3.8, 4) is 0 Å². The van der Waals surface area contributed by atoms with Crippen LogP contribution in [0.1, 0.15) is 50.6 Å². The summed E-state index contributed by atoms with van der Waals surface area (Å²) in [5, 5.41) is 13.4. The maximum absolute atomic E-state index is 9.70. The zero-order valence-corrected chi connectivity index (χ0v) is 10.6. The molecule has 0 saturated heterocycles. The average molecular weight is 233 g/mol. The summed E-state index contributed by atoms with van der Waals surface area (Å²) in [5.74, 6) is 0. The summed E-state index contributed by atoms with van der Waals surface area (Å²) in [6, 6.07) is 11.5. The fourth-order valence-corrected chi connectivity index (χ4v) is 2.74. The van der Waals surface area contributed by atoms with E-state index in [0.717, 1.165) is 25.7 Å². The number of hydrogen-bond acceptors (Lipinski definition) is 2. The minimum Gasteiger partial charge on any atom is -0.393 e. The summed E-state index contributed by atoms with van der Waals surface area (Å²) < 4.78 is 0. The predicted octanol–water partition coefficient (Wildman–Crippen LogP) is 3.03. The van der Waals surface area contributed by atoms with Crippen LogP contribution in [0.3, 0.4) is 0 Å². The van der Waals surface area contributed by atoms with Crippen molar-refractivity contribution in [2.45, 2.75) is 57.2 Å². The highest BCUT2D eigenvalue weighted by atomic mass is 16.3. The molecule has 0 bridgehead atoms. The van der Waals surface area contributed by atoms with Crippen LogP contribution in [0.2, 0.25) is 0 Å². The largest absolute Gasteiger partial charge is 0.393 e. The van der Waals surface area contributed by atoms with Gasteiger partial charge in [-0.25, -0.2) is 0 Å². The summed E-state index contributed by atoms with van der Waals surface area (Å²) in [5.41, 5.74) is 1.36. The van der Waals surface area contributed by atoms with E-state index in [-0.39, 0.29) is 6.10 Å². The standard InChI is InChI=1S/C15H23NO/c1-2-15(12-7-4-3-5-8-12)16-13-9-6-10-14(17)11-13/h3-5,7-8,13-17H,2,6,9-11H2,1H3. The van der Waals surface area contributed by atoms with Gasteiger partial charge in [-0.15, -0.1) is 0 Å². The first-order chi connectivity index (χ1) is 8.29. The van der Waals surface area contributed by atoms with E-state index in [0.29, 0.717) is 12.1 Å². The summed E-state index contributed by atoms with van der Waals surface area (Å²) in [6.45, 7) is 2.21. The zero-order valence-electron chi connectivity index (χ0n) is 10.6. The van der Waals surface area contributed by atoms with Gasteiger partial charge in [0.2, 0.25) is 0 Å². The van der Waals surface area contributed by atoms with Crippen molar-refractivity contribution in [1.82, 2.24) is 5.32 Å². The molecule has 0 heterocycles. The minimum absolute atomic E-state index is 0.102. The van der Waals surface area contributed by atoms with Crippen molar-refractivity contribution in [2.24, 2.45) is 0 Å². The van der Waals surface area contributed by atoms with E-state index in [1.165, 1.54) is 12.0 Å². The van der Waals surface area contributed by atoms with Crippen LogP contribution in [0.5, 0.6) is 0 Å². The van der Waals surface area contributed by atoms with E-state index < -0.39 is 0 Å². The van der Waals surface area contributed by atoms with Crippen LogP contribution < -0.4 is 5.32 Å². The molecule has 1 aliphatic carbocycles. The number of benzene rings is 1. The minimum atomic E-state index is -0.102. The van der Waals surface area contributed by atoms with Crippen molar-refractivity contribution < 1.29 is 5.11 Å². The van der Waals surface area contributed by atoms with E-state index in [2.05, 4.69) is 42.6 Å². The quantitative estimate of drug-likeness (QED) is 0.838. The molecule has 3 unspecified atom stereocenters. The first kappa shape index (κ1) is 12.6. The fourth-order valence-electron chi connectivity index (χ4n) is 2.74. The van der Waals surface area contributed by atoms with Gasteiger partial charge in [0.15, 0.2) is 0 Å². The third kappa shape index (κ3) is 3.55. The van der Waals surface area contributed by atoms with Gasteiger partial charge >= 0.3 is 0 Å². The summed E-state index contributed by atoms with van der Waals surface area (Å²) in [4.78, 5) is 0. The Hall–Kier alpha value is -0.860. The van der Waals surface area contributed by atoms with E-state index >= 15 is 0 Å². The Labute approximate surface area is 104 Å². The maximum Gasteiger partial charge on any atom is 0.0555 e. The van der Waals surface area contributed by atoms with Gasteiger partial charge in [0.25, 0.3) is 0 Å². The molecule has 3 atom stereocenters. The topological polar surface area (TPSA) is 32.3 Å². The first-order valence-corrected chi connectivity index (χ1v) is 6.78. The normalized spacial score (nSPS) is 26.7. The summed E-state index contributed by atoms with van der Waals surface area (Å²) in [6.07, 6.45) is 5.21. The average Bonchev–Trinajstić information content (AvgIpc) is 2.37. The van der Waals surface area contributed by atoms with Crippen molar-refractivity contribution in [3.63, 3.8) is 0 Å².